The first-order chi connectivity index (χ1) is 12.9. The fourth-order valence-electron chi connectivity index (χ4n) is 3.15. The number of aryl methyl sites for hydroxylation is 1. The van der Waals surface area contributed by atoms with Crippen LogP contribution in [0, 0.1) is 21.8 Å². The molecule has 0 saturated carbocycles. The lowest BCUT2D eigenvalue weighted by atomic mass is 10.1. The monoisotopic (exact) mass is 371 g/mol. The van der Waals surface area contributed by atoms with Gasteiger partial charge in [-0.25, -0.2) is 4.39 Å². The standard InChI is InChI=1S/C19H18FN3O4/c1-2-12-5-3-4-6-17(12)22-11-13(9-18(22)24)19(25)21-16-10-14(23(26)27)7-8-15(16)20/h3-8,10,13H,2,9,11H2,1H3,(H,21,25). The number of hydrogen-bond acceptors (Lipinski definition) is 4. The highest BCUT2D eigenvalue weighted by Gasteiger charge is 2.36. The number of amides is 2. The number of nitro benzene ring substituents is 1. The highest BCUT2D eigenvalue weighted by molar-refractivity contribution is 6.04. The number of rotatable bonds is 5. The summed E-state index contributed by atoms with van der Waals surface area (Å²) >= 11 is 0. The summed E-state index contributed by atoms with van der Waals surface area (Å²) < 4.78 is 13.9. The van der Waals surface area contributed by atoms with Gasteiger partial charge in [-0.05, 0) is 24.1 Å². The zero-order valence-corrected chi connectivity index (χ0v) is 14.6. The number of nitro groups is 1. The molecule has 2 amide bonds. The smallest absolute Gasteiger partial charge is 0.271 e. The molecule has 0 radical (unpaired) electrons. The molecule has 140 valence electrons. The molecule has 1 aliphatic heterocycles. The molecule has 2 aromatic carbocycles. The highest BCUT2D eigenvalue weighted by atomic mass is 19.1. The first-order valence-corrected chi connectivity index (χ1v) is 8.53. The van der Waals surface area contributed by atoms with E-state index in [4.69, 9.17) is 0 Å². The van der Waals surface area contributed by atoms with Crippen LogP contribution in [0.1, 0.15) is 18.9 Å². The quantitative estimate of drug-likeness (QED) is 0.645. The highest BCUT2D eigenvalue weighted by Crippen LogP contribution is 2.30. The Labute approximate surface area is 154 Å². The van der Waals surface area contributed by atoms with E-state index >= 15 is 0 Å². The first kappa shape index (κ1) is 18.5. The van der Waals surface area contributed by atoms with Crippen LogP contribution in [0.3, 0.4) is 0 Å². The van der Waals surface area contributed by atoms with Gasteiger partial charge in [-0.15, -0.1) is 0 Å². The molecule has 3 rings (SSSR count). The van der Waals surface area contributed by atoms with E-state index in [-0.39, 0.29) is 30.2 Å². The lowest BCUT2D eigenvalue weighted by Gasteiger charge is -2.20. The third-order valence-corrected chi connectivity index (χ3v) is 4.58. The number of nitrogens with one attached hydrogen (secondary N) is 1. The molecular weight excluding hydrogens is 353 g/mol. The number of carbonyl (C=O) groups is 2. The molecule has 1 heterocycles. The summed E-state index contributed by atoms with van der Waals surface area (Å²) in [5, 5.41) is 13.2. The average molecular weight is 371 g/mol. The second kappa shape index (κ2) is 7.53. The Hall–Kier alpha value is -3.29. The number of hydrogen-bond donors (Lipinski definition) is 1. The zero-order valence-electron chi connectivity index (χ0n) is 14.6. The minimum atomic E-state index is -0.772. The third-order valence-electron chi connectivity index (χ3n) is 4.58. The van der Waals surface area contributed by atoms with Crippen LogP contribution in [-0.2, 0) is 16.0 Å². The predicted octanol–water partition coefficient (Wildman–Crippen LogP) is 3.29. The SMILES string of the molecule is CCc1ccccc1N1CC(C(=O)Nc2cc([N+](=O)[O-])ccc2F)CC1=O. The molecule has 8 heteroatoms. The number of para-hydroxylation sites is 1. The lowest BCUT2D eigenvalue weighted by Crippen LogP contribution is -2.29. The molecule has 1 saturated heterocycles. The fourth-order valence-corrected chi connectivity index (χ4v) is 3.15. The fraction of sp³-hybridized carbons (Fsp3) is 0.263. The van der Waals surface area contributed by atoms with Crippen LogP contribution >= 0.6 is 0 Å². The average Bonchev–Trinajstić information content (AvgIpc) is 3.05. The Kier molecular flexibility index (Phi) is 5.16. The van der Waals surface area contributed by atoms with Crippen LogP contribution in [0.4, 0.5) is 21.5 Å². The maximum atomic E-state index is 13.9. The van der Waals surface area contributed by atoms with Gasteiger partial charge in [0.1, 0.15) is 5.82 Å². The summed E-state index contributed by atoms with van der Waals surface area (Å²) in [6.45, 7) is 2.16. The van der Waals surface area contributed by atoms with Crippen molar-refractivity contribution in [3.8, 4) is 0 Å². The molecule has 0 aromatic heterocycles. The van der Waals surface area contributed by atoms with Crippen molar-refractivity contribution in [2.45, 2.75) is 19.8 Å². The largest absolute Gasteiger partial charge is 0.323 e. The van der Waals surface area contributed by atoms with Crippen LogP contribution in [0.5, 0.6) is 0 Å². The van der Waals surface area contributed by atoms with E-state index in [1.807, 2.05) is 31.2 Å². The molecular formula is C19H18FN3O4. The molecule has 1 N–H and O–H groups in total. The van der Waals surface area contributed by atoms with Gasteiger partial charge in [0.25, 0.3) is 5.69 Å². The Balaban J connectivity index is 1.77. The second-order valence-corrected chi connectivity index (χ2v) is 6.30. The van der Waals surface area contributed by atoms with Gasteiger partial charge in [0.15, 0.2) is 0 Å². The maximum Gasteiger partial charge on any atom is 0.271 e. The molecule has 27 heavy (non-hydrogen) atoms. The van der Waals surface area contributed by atoms with Crippen LogP contribution in [-0.4, -0.2) is 23.3 Å². The topological polar surface area (TPSA) is 92.6 Å². The van der Waals surface area contributed by atoms with E-state index in [2.05, 4.69) is 5.32 Å². The van der Waals surface area contributed by atoms with Gasteiger partial charge in [-0.2, -0.15) is 0 Å². The van der Waals surface area contributed by atoms with Gasteiger partial charge in [0.05, 0.1) is 16.5 Å². The van der Waals surface area contributed by atoms with Gasteiger partial charge in [0, 0.05) is 30.8 Å². The predicted molar refractivity (Wildman–Crippen MR) is 98.0 cm³/mol. The van der Waals surface area contributed by atoms with Gasteiger partial charge >= 0.3 is 0 Å². The zero-order chi connectivity index (χ0) is 19.6. The summed E-state index contributed by atoms with van der Waals surface area (Å²) in [5.41, 5.74) is 1.17. The van der Waals surface area contributed by atoms with E-state index < -0.39 is 22.6 Å². The van der Waals surface area contributed by atoms with Gasteiger partial charge < -0.3 is 10.2 Å². The number of halogens is 1. The minimum absolute atomic E-state index is 0.000424. The van der Waals surface area contributed by atoms with Gasteiger partial charge in [0.2, 0.25) is 11.8 Å². The van der Waals surface area contributed by atoms with E-state index in [1.165, 1.54) is 0 Å². The molecule has 7 nitrogen and oxygen atoms in total. The Bertz CT molecular complexity index is 916. The van der Waals surface area contributed by atoms with Crippen molar-refractivity contribution in [3.63, 3.8) is 0 Å². The molecule has 1 fully saturated rings. The van der Waals surface area contributed by atoms with Crippen molar-refractivity contribution in [3.05, 3.63) is 64.0 Å². The molecule has 1 unspecified atom stereocenters. The van der Waals surface area contributed by atoms with Crippen molar-refractivity contribution in [2.75, 3.05) is 16.8 Å². The van der Waals surface area contributed by atoms with Crippen LogP contribution < -0.4 is 10.2 Å². The summed E-state index contributed by atoms with van der Waals surface area (Å²) in [4.78, 5) is 36.6. The van der Waals surface area contributed by atoms with Crippen molar-refractivity contribution in [2.24, 2.45) is 5.92 Å². The van der Waals surface area contributed by atoms with Crippen LogP contribution in [0.2, 0.25) is 0 Å². The van der Waals surface area contributed by atoms with Crippen LogP contribution in [0.25, 0.3) is 0 Å². The number of nitrogens with zero attached hydrogens (tertiary/aromatic N) is 2. The maximum absolute atomic E-state index is 13.9. The first-order valence-electron chi connectivity index (χ1n) is 8.53. The lowest BCUT2D eigenvalue weighted by molar-refractivity contribution is -0.384. The third kappa shape index (κ3) is 3.79. The number of non-ortho nitro benzene ring substituents is 1. The van der Waals surface area contributed by atoms with Crippen molar-refractivity contribution in [1.82, 2.24) is 0 Å². The second-order valence-electron chi connectivity index (χ2n) is 6.30. The molecule has 1 aliphatic rings. The molecule has 2 aromatic rings. The van der Waals surface area contributed by atoms with Crippen molar-refractivity contribution < 1.29 is 18.9 Å². The van der Waals surface area contributed by atoms with Gasteiger partial charge in [-0.3, -0.25) is 19.7 Å². The summed E-state index contributed by atoms with van der Waals surface area (Å²) in [5.74, 6) is -2.16. The summed E-state index contributed by atoms with van der Waals surface area (Å²) in [6, 6.07) is 10.4. The molecule has 0 aliphatic carbocycles. The van der Waals surface area contributed by atoms with Crippen LogP contribution in [0.15, 0.2) is 42.5 Å². The molecule has 1 atom stereocenters. The van der Waals surface area contributed by atoms with E-state index in [0.29, 0.717) is 0 Å². The minimum Gasteiger partial charge on any atom is -0.323 e. The van der Waals surface area contributed by atoms with E-state index in [0.717, 1.165) is 35.9 Å². The summed E-state index contributed by atoms with van der Waals surface area (Å²) in [6.07, 6.45) is 0.746. The Morgan fingerprint density at radius 2 is 2.07 bits per heavy atom. The van der Waals surface area contributed by atoms with Crippen molar-refractivity contribution >= 4 is 28.9 Å². The van der Waals surface area contributed by atoms with Gasteiger partial charge in [-0.1, -0.05) is 25.1 Å². The number of benzene rings is 2. The normalized spacial score (nSPS) is 16.4. The molecule has 0 spiro atoms. The Morgan fingerprint density at radius 3 is 2.78 bits per heavy atom. The number of carbonyl (C=O) groups excluding carboxylic acids is 2. The van der Waals surface area contributed by atoms with E-state index in [9.17, 15) is 24.1 Å². The van der Waals surface area contributed by atoms with E-state index in [1.54, 1.807) is 4.90 Å². The number of anilines is 2. The molecule has 0 bridgehead atoms. The summed E-state index contributed by atoms with van der Waals surface area (Å²) in [7, 11) is 0. The van der Waals surface area contributed by atoms with Crippen molar-refractivity contribution in [1.29, 1.82) is 0 Å². The Morgan fingerprint density at radius 1 is 1.33 bits per heavy atom.